The minimum atomic E-state index is -1.20. The topological polar surface area (TPSA) is 118 Å². The molecule has 86 valence electrons. The Labute approximate surface area is 87.1 Å². The van der Waals surface area contributed by atoms with Crippen LogP contribution in [-0.4, -0.2) is 34.0 Å². The van der Waals surface area contributed by atoms with Gasteiger partial charge in [-0.15, -0.1) is 0 Å². The van der Waals surface area contributed by atoms with Crippen molar-refractivity contribution < 1.29 is 24.6 Å². The fourth-order valence-corrected chi connectivity index (χ4v) is 1.03. The van der Waals surface area contributed by atoms with E-state index in [0.717, 1.165) is 0 Å². The van der Waals surface area contributed by atoms with Crippen molar-refractivity contribution in [3.05, 3.63) is 0 Å². The lowest BCUT2D eigenvalue weighted by atomic mass is 10.1. The van der Waals surface area contributed by atoms with Crippen LogP contribution in [0.15, 0.2) is 0 Å². The lowest BCUT2D eigenvalue weighted by molar-refractivity contribution is -0.140. The van der Waals surface area contributed by atoms with Crippen LogP contribution in [0.1, 0.15) is 32.1 Å². The Morgan fingerprint density at radius 2 is 1.60 bits per heavy atom. The molecule has 15 heavy (non-hydrogen) atoms. The maximum atomic E-state index is 11.1. The molecule has 4 N–H and O–H groups in total. The van der Waals surface area contributed by atoms with Crippen molar-refractivity contribution in [2.45, 2.75) is 38.1 Å². The fraction of sp³-hybridized carbons (Fsp3) is 0.667. The van der Waals surface area contributed by atoms with Crippen molar-refractivity contribution in [2.24, 2.45) is 5.73 Å². The molecule has 0 saturated heterocycles. The number of ketones is 1. The molecule has 6 heteroatoms. The Balaban J connectivity index is 3.58. The van der Waals surface area contributed by atoms with Crippen molar-refractivity contribution in [3.63, 3.8) is 0 Å². The zero-order valence-corrected chi connectivity index (χ0v) is 8.31. The van der Waals surface area contributed by atoms with Crippen LogP contribution in [0.2, 0.25) is 0 Å². The van der Waals surface area contributed by atoms with E-state index in [1.807, 2.05) is 0 Å². The molecule has 0 aliphatic heterocycles. The molecule has 0 aliphatic carbocycles. The molecule has 0 fully saturated rings. The van der Waals surface area contributed by atoms with Gasteiger partial charge in [0, 0.05) is 19.3 Å². The zero-order valence-electron chi connectivity index (χ0n) is 8.31. The summed E-state index contributed by atoms with van der Waals surface area (Å²) in [5, 5.41) is 16.7. The quantitative estimate of drug-likeness (QED) is 0.492. The number of carboxylic acids is 2. The second-order valence-corrected chi connectivity index (χ2v) is 3.29. The summed E-state index contributed by atoms with van der Waals surface area (Å²) in [4.78, 5) is 31.5. The minimum Gasteiger partial charge on any atom is -0.481 e. The van der Waals surface area contributed by atoms with Gasteiger partial charge in [-0.2, -0.15) is 0 Å². The van der Waals surface area contributed by atoms with Crippen LogP contribution in [0, 0.1) is 0 Å². The van der Waals surface area contributed by atoms with Crippen molar-refractivity contribution >= 4 is 17.7 Å². The Morgan fingerprint density at radius 1 is 1.07 bits per heavy atom. The van der Waals surface area contributed by atoms with Crippen LogP contribution in [0.3, 0.4) is 0 Å². The molecule has 1 atom stereocenters. The second kappa shape index (κ2) is 6.94. The van der Waals surface area contributed by atoms with Crippen LogP contribution in [0.25, 0.3) is 0 Å². The van der Waals surface area contributed by atoms with Crippen LogP contribution in [0.4, 0.5) is 0 Å². The van der Waals surface area contributed by atoms with E-state index in [1.165, 1.54) is 0 Å². The molecule has 6 nitrogen and oxygen atoms in total. The Bertz CT molecular complexity index is 251. The average molecular weight is 217 g/mol. The third-order valence-corrected chi connectivity index (χ3v) is 1.86. The first kappa shape index (κ1) is 13.6. The second-order valence-electron chi connectivity index (χ2n) is 3.29. The van der Waals surface area contributed by atoms with E-state index in [0.29, 0.717) is 12.8 Å². The molecule has 0 bridgehead atoms. The third-order valence-electron chi connectivity index (χ3n) is 1.86. The number of carboxylic acid groups (broad SMARTS) is 2. The third kappa shape index (κ3) is 7.63. The Morgan fingerprint density at radius 3 is 2.07 bits per heavy atom. The number of rotatable bonds is 8. The summed E-state index contributed by atoms with van der Waals surface area (Å²) in [6.45, 7) is 0. The van der Waals surface area contributed by atoms with Gasteiger partial charge in [0.2, 0.25) is 0 Å². The van der Waals surface area contributed by atoms with Crippen molar-refractivity contribution in [3.8, 4) is 0 Å². The molecule has 0 aliphatic rings. The Hall–Kier alpha value is -1.43. The normalized spacial score (nSPS) is 12.1. The van der Waals surface area contributed by atoms with Gasteiger partial charge in [-0.1, -0.05) is 0 Å². The molecule has 0 unspecified atom stereocenters. The number of carbonyl (C=O) groups is 3. The van der Waals surface area contributed by atoms with Crippen LogP contribution < -0.4 is 5.73 Å². The minimum absolute atomic E-state index is 0.0261. The molecule has 0 aromatic carbocycles. The number of unbranched alkanes of at least 4 members (excludes halogenated alkanes) is 1. The summed E-state index contributed by atoms with van der Waals surface area (Å²) in [7, 11) is 0. The highest BCUT2D eigenvalue weighted by Crippen LogP contribution is 2.03. The van der Waals surface area contributed by atoms with Gasteiger partial charge < -0.3 is 15.9 Å². The number of nitrogens with two attached hydrogens (primary N) is 1. The fourth-order valence-electron chi connectivity index (χ4n) is 1.03. The first-order valence-corrected chi connectivity index (χ1v) is 4.65. The van der Waals surface area contributed by atoms with E-state index < -0.39 is 18.0 Å². The van der Waals surface area contributed by atoms with E-state index in [2.05, 4.69) is 0 Å². The van der Waals surface area contributed by atoms with E-state index in [4.69, 9.17) is 15.9 Å². The van der Waals surface area contributed by atoms with Crippen LogP contribution in [0.5, 0.6) is 0 Å². The zero-order chi connectivity index (χ0) is 11.8. The molecule has 0 spiro atoms. The summed E-state index contributed by atoms with van der Waals surface area (Å²) >= 11 is 0. The van der Waals surface area contributed by atoms with Gasteiger partial charge >= 0.3 is 11.9 Å². The first-order chi connectivity index (χ1) is 6.93. The van der Waals surface area contributed by atoms with E-state index in [-0.39, 0.29) is 25.0 Å². The largest absolute Gasteiger partial charge is 0.481 e. The molecule has 0 rings (SSSR count). The molecule has 0 aromatic rings. The van der Waals surface area contributed by atoms with Gasteiger partial charge in [0.25, 0.3) is 0 Å². The molecular weight excluding hydrogens is 202 g/mol. The van der Waals surface area contributed by atoms with Crippen LogP contribution >= 0.6 is 0 Å². The molecule has 0 amide bonds. The number of aliphatic carboxylic acids is 2. The molecule has 0 aromatic heterocycles. The molecular formula is C9H15NO5. The van der Waals surface area contributed by atoms with Gasteiger partial charge in [-0.3, -0.25) is 14.4 Å². The Kier molecular flexibility index (Phi) is 6.28. The highest BCUT2D eigenvalue weighted by molar-refractivity contribution is 5.85. The molecule has 0 radical (unpaired) electrons. The van der Waals surface area contributed by atoms with Crippen molar-refractivity contribution in [2.75, 3.05) is 0 Å². The monoisotopic (exact) mass is 217 g/mol. The van der Waals surface area contributed by atoms with Gasteiger partial charge in [0.05, 0.1) is 0 Å². The van der Waals surface area contributed by atoms with Gasteiger partial charge in [-0.25, -0.2) is 0 Å². The predicted molar refractivity (Wildman–Crippen MR) is 51.3 cm³/mol. The predicted octanol–water partition coefficient (Wildman–Crippen LogP) is 0.00250. The first-order valence-electron chi connectivity index (χ1n) is 4.65. The molecule has 0 saturated carbocycles. The molecule has 0 heterocycles. The number of hydrogen-bond donors (Lipinski definition) is 3. The van der Waals surface area contributed by atoms with E-state index in [9.17, 15) is 14.4 Å². The summed E-state index contributed by atoms with van der Waals surface area (Å²) in [5.74, 6) is -2.34. The van der Waals surface area contributed by atoms with E-state index in [1.54, 1.807) is 0 Å². The SMILES string of the molecule is N[C@@H](CC(=O)CCCCC(=O)O)C(=O)O. The van der Waals surface area contributed by atoms with Crippen molar-refractivity contribution in [1.82, 2.24) is 0 Å². The summed E-state index contributed by atoms with van der Waals surface area (Å²) < 4.78 is 0. The highest BCUT2D eigenvalue weighted by Gasteiger charge is 2.15. The number of hydrogen-bond acceptors (Lipinski definition) is 4. The average Bonchev–Trinajstić information content (AvgIpc) is 2.12. The summed E-state index contributed by atoms with van der Waals surface area (Å²) in [5.41, 5.74) is 5.16. The van der Waals surface area contributed by atoms with Gasteiger partial charge in [0.1, 0.15) is 11.8 Å². The summed E-state index contributed by atoms with van der Waals surface area (Å²) in [6, 6.07) is -1.16. The maximum absolute atomic E-state index is 11.1. The van der Waals surface area contributed by atoms with Gasteiger partial charge in [0.15, 0.2) is 0 Å². The summed E-state index contributed by atoms with van der Waals surface area (Å²) in [6.07, 6.45) is 0.899. The van der Waals surface area contributed by atoms with Gasteiger partial charge in [-0.05, 0) is 12.8 Å². The maximum Gasteiger partial charge on any atom is 0.320 e. The number of Topliss-reactive ketones (excluding diaryl/α,β-unsaturated/α-hetero) is 1. The lowest BCUT2D eigenvalue weighted by Crippen LogP contribution is -2.32. The van der Waals surface area contributed by atoms with Crippen molar-refractivity contribution in [1.29, 1.82) is 0 Å². The van der Waals surface area contributed by atoms with E-state index >= 15 is 0 Å². The number of carbonyl (C=O) groups excluding carboxylic acids is 1. The standard InChI is InChI=1S/C9H15NO5/c10-7(9(14)15)5-6(11)3-1-2-4-8(12)13/h7H,1-5,10H2,(H,12,13)(H,14,15)/t7-/m0/s1. The smallest absolute Gasteiger partial charge is 0.320 e. The van der Waals surface area contributed by atoms with Crippen LogP contribution in [-0.2, 0) is 14.4 Å². The lowest BCUT2D eigenvalue weighted by Gasteiger charge is -2.04. The highest BCUT2D eigenvalue weighted by atomic mass is 16.4.